The first-order valence-electron chi connectivity index (χ1n) is 15.9. The van der Waals surface area contributed by atoms with Gasteiger partial charge in [-0.3, -0.25) is 9.69 Å². The van der Waals surface area contributed by atoms with E-state index in [4.69, 9.17) is 4.84 Å². The van der Waals surface area contributed by atoms with Gasteiger partial charge in [-0.25, -0.2) is 13.2 Å². The van der Waals surface area contributed by atoms with Gasteiger partial charge in [-0.2, -0.15) is 22.2 Å². The Morgan fingerprint density at radius 3 is 2.17 bits per heavy atom. The Morgan fingerprint density at radius 1 is 0.854 bits per heavy atom. The van der Waals surface area contributed by atoms with Crippen molar-refractivity contribution < 1.29 is 36.0 Å². The zero-order valence-corrected chi connectivity index (χ0v) is 27.6. The topological polar surface area (TPSA) is 92.2 Å². The molecule has 0 radical (unpaired) electrons. The summed E-state index contributed by atoms with van der Waals surface area (Å²) in [6, 6.07) is 20.9. The van der Waals surface area contributed by atoms with Crippen molar-refractivity contribution >= 4 is 32.8 Å². The number of hydrogen-bond donors (Lipinski definition) is 0. The van der Waals surface area contributed by atoms with Crippen molar-refractivity contribution in [3.63, 3.8) is 0 Å². The highest BCUT2D eigenvalue weighted by Crippen LogP contribution is 2.34. The molecular formula is C35H37F3N4O5S. The van der Waals surface area contributed by atoms with Gasteiger partial charge in [0.15, 0.2) is 5.69 Å². The highest BCUT2D eigenvalue weighted by Gasteiger charge is 2.43. The number of carbonyl (C=O) groups is 2. The molecule has 6 rings (SSSR count). The Hall–Kier alpha value is -4.20. The SMILES string of the molecule is Cc1ccc(C)c(C2CCN(Cc3c(C(=O)N4CCN(S(=O)(=O)c5ccccc5)CC4)n(OC(=O)C(F)(F)F)c4ccccc34)CC2)c1. The lowest BCUT2D eigenvalue weighted by Gasteiger charge is -2.35. The number of halogens is 3. The van der Waals surface area contributed by atoms with Crippen molar-refractivity contribution in [2.75, 3.05) is 39.3 Å². The molecule has 254 valence electrons. The van der Waals surface area contributed by atoms with Gasteiger partial charge in [0.2, 0.25) is 10.0 Å². The molecule has 48 heavy (non-hydrogen) atoms. The Balaban J connectivity index is 1.29. The second kappa shape index (κ2) is 13.4. The third-order valence-electron chi connectivity index (χ3n) is 9.30. The number of likely N-dealkylation sites (tertiary alicyclic amines) is 1. The van der Waals surface area contributed by atoms with E-state index in [1.165, 1.54) is 44.1 Å². The summed E-state index contributed by atoms with van der Waals surface area (Å²) in [6.07, 6.45) is -3.56. The number of para-hydroxylation sites is 1. The predicted octanol–water partition coefficient (Wildman–Crippen LogP) is 5.30. The molecule has 0 N–H and O–H groups in total. The zero-order chi connectivity index (χ0) is 34.2. The van der Waals surface area contributed by atoms with Gasteiger partial charge < -0.3 is 9.74 Å². The van der Waals surface area contributed by atoms with Gasteiger partial charge in [0.25, 0.3) is 5.91 Å². The third-order valence-corrected chi connectivity index (χ3v) is 11.2. The van der Waals surface area contributed by atoms with E-state index in [9.17, 15) is 31.2 Å². The molecule has 1 aromatic heterocycles. The second-order valence-electron chi connectivity index (χ2n) is 12.4. The van der Waals surface area contributed by atoms with Gasteiger partial charge >= 0.3 is 12.1 Å². The molecule has 0 saturated carbocycles. The summed E-state index contributed by atoms with van der Waals surface area (Å²) in [5.74, 6) is -2.73. The second-order valence-corrected chi connectivity index (χ2v) is 14.4. The molecule has 13 heteroatoms. The molecule has 3 heterocycles. The van der Waals surface area contributed by atoms with Crippen LogP contribution in [0.4, 0.5) is 13.2 Å². The minimum atomic E-state index is -5.29. The molecule has 1 amide bonds. The fourth-order valence-corrected chi connectivity index (χ4v) is 8.17. The van der Waals surface area contributed by atoms with Crippen LogP contribution in [0.25, 0.3) is 10.9 Å². The highest BCUT2D eigenvalue weighted by atomic mass is 32.2. The summed E-state index contributed by atoms with van der Waals surface area (Å²) in [4.78, 5) is 35.0. The molecule has 2 aliphatic rings. The van der Waals surface area contributed by atoms with E-state index in [0.717, 1.165) is 12.8 Å². The van der Waals surface area contributed by atoms with Gasteiger partial charge in [-0.05, 0) is 75.0 Å². The van der Waals surface area contributed by atoms with Crippen molar-refractivity contribution in [1.82, 2.24) is 18.8 Å². The van der Waals surface area contributed by atoms with Crippen LogP contribution in [0.5, 0.6) is 0 Å². The van der Waals surface area contributed by atoms with Crippen molar-refractivity contribution in [2.24, 2.45) is 0 Å². The Kier molecular flexibility index (Phi) is 9.38. The fraction of sp³-hybridized carbons (Fsp3) is 0.371. The maximum atomic E-state index is 14.3. The number of amides is 1. The monoisotopic (exact) mass is 682 g/mol. The highest BCUT2D eigenvalue weighted by molar-refractivity contribution is 7.89. The predicted molar refractivity (Wildman–Crippen MR) is 174 cm³/mol. The summed E-state index contributed by atoms with van der Waals surface area (Å²) in [5.41, 5.74) is 4.18. The Morgan fingerprint density at radius 2 is 1.50 bits per heavy atom. The lowest BCUT2D eigenvalue weighted by atomic mass is 9.86. The Bertz CT molecular complexity index is 1930. The number of aryl methyl sites for hydroxylation is 2. The maximum absolute atomic E-state index is 14.3. The molecule has 0 bridgehead atoms. The van der Waals surface area contributed by atoms with Crippen LogP contribution < -0.4 is 4.84 Å². The van der Waals surface area contributed by atoms with Crippen molar-refractivity contribution in [3.05, 3.63) is 101 Å². The lowest BCUT2D eigenvalue weighted by Crippen LogP contribution is -2.51. The molecule has 0 atom stereocenters. The summed E-state index contributed by atoms with van der Waals surface area (Å²) >= 11 is 0. The molecule has 2 aliphatic heterocycles. The number of fused-ring (bicyclic) bond motifs is 1. The molecule has 9 nitrogen and oxygen atoms in total. The maximum Gasteiger partial charge on any atom is 0.493 e. The number of nitrogens with zero attached hydrogens (tertiary/aromatic N) is 4. The van der Waals surface area contributed by atoms with Crippen LogP contribution in [-0.2, 0) is 21.4 Å². The summed E-state index contributed by atoms with van der Waals surface area (Å²) in [5, 5.41) is 0.498. The number of rotatable bonds is 7. The van der Waals surface area contributed by atoms with Crippen molar-refractivity contribution in [2.45, 2.75) is 50.2 Å². The minimum absolute atomic E-state index is 0.000315. The van der Waals surface area contributed by atoms with E-state index in [2.05, 4.69) is 36.9 Å². The first-order chi connectivity index (χ1) is 22.8. The van der Waals surface area contributed by atoms with Crippen LogP contribution in [0, 0.1) is 13.8 Å². The largest absolute Gasteiger partial charge is 0.493 e. The van der Waals surface area contributed by atoms with Crippen molar-refractivity contribution in [1.29, 1.82) is 0 Å². The van der Waals surface area contributed by atoms with E-state index in [1.807, 2.05) is 0 Å². The lowest BCUT2D eigenvalue weighted by molar-refractivity contribution is -0.199. The molecule has 0 aliphatic carbocycles. The number of carbonyl (C=O) groups excluding carboxylic acids is 2. The van der Waals surface area contributed by atoms with Gasteiger partial charge in [0.1, 0.15) is 0 Å². The average molecular weight is 683 g/mol. The smallest absolute Gasteiger partial charge is 0.335 e. The number of piperazine rings is 1. The number of aromatic nitrogens is 1. The van der Waals surface area contributed by atoms with Crippen LogP contribution >= 0.6 is 0 Å². The van der Waals surface area contributed by atoms with E-state index in [0.29, 0.717) is 34.7 Å². The molecule has 0 unspecified atom stereocenters. The number of sulfonamides is 1. The van der Waals surface area contributed by atoms with Crippen LogP contribution in [0.1, 0.15) is 51.5 Å². The van der Waals surface area contributed by atoms with Gasteiger partial charge in [0, 0.05) is 43.7 Å². The van der Waals surface area contributed by atoms with Crippen LogP contribution in [0.15, 0.2) is 77.7 Å². The quantitative estimate of drug-likeness (QED) is 0.263. The van der Waals surface area contributed by atoms with E-state index >= 15 is 0 Å². The van der Waals surface area contributed by atoms with Gasteiger partial charge in [-0.15, -0.1) is 0 Å². The number of benzene rings is 3. The summed E-state index contributed by atoms with van der Waals surface area (Å²) in [6.45, 7) is 5.81. The molecule has 0 spiro atoms. The van der Waals surface area contributed by atoms with E-state index < -0.39 is 28.1 Å². The van der Waals surface area contributed by atoms with Gasteiger partial charge in [0.05, 0.1) is 10.4 Å². The summed E-state index contributed by atoms with van der Waals surface area (Å²) in [7, 11) is -3.80. The molecule has 2 saturated heterocycles. The molecule has 2 fully saturated rings. The van der Waals surface area contributed by atoms with Crippen LogP contribution in [-0.4, -0.2) is 84.6 Å². The van der Waals surface area contributed by atoms with Gasteiger partial charge in [-0.1, -0.05) is 60.2 Å². The first-order valence-corrected chi connectivity index (χ1v) is 17.3. The Labute approximate surface area is 277 Å². The first kappa shape index (κ1) is 33.7. The summed E-state index contributed by atoms with van der Waals surface area (Å²) < 4.78 is 68.8. The van der Waals surface area contributed by atoms with E-state index in [-0.39, 0.29) is 48.8 Å². The van der Waals surface area contributed by atoms with E-state index in [1.54, 1.807) is 36.4 Å². The standard InChI is InChI=1S/C35H37F3N4O5S/c1-24-12-13-25(2)29(22-24)26-14-16-39(17-15-26)23-30-28-10-6-7-11-31(28)42(47-34(44)35(36,37)38)32(30)33(43)40-18-20-41(21-19-40)48(45,46)27-8-4-3-5-9-27/h3-13,22,26H,14-21,23H2,1-2H3. The number of hydrogen-bond acceptors (Lipinski definition) is 6. The normalized spacial score (nSPS) is 17.1. The minimum Gasteiger partial charge on any atom is -0.335 e. The average Bonchev–Trinajstić information content (AvgIpc) is 3.38. The third kappa shape index (κ3) is 6.71. The molecular weight excluding hydrogens is 645 g/mol. The molecule has 3 aromatic carbocycles. The van der Waals surface area contributed by atoms with Crippen LogP contribution in [0.2, 0.25) is 0 Å². The number of alkyl halides is 3. The van der Waals surface area contributed by atoms with Crippen LogP contribution in [0.3, 0.4) is 0 Å². The number of piperidine rings is 1. The fourth-order valence-electron chi connectivity index (χ4n) is 6.73. The van der Waals surface area contributed by atoms with Crippen molar-refractivity contribution in [3.8, 4) is 0 Å². The zero-order valence-electron chi connectivity index (χ0n) is 26.7. The molecule has 4 aromatic rings.